The lowest BCUT2D eigenvalue weighted by molar-refractivity contribution is -0.0195. The van der Waals surface area contributed by atoms with Gasteiger partial charge in [-0.05, 0) is 30.2 Å². The first-order valence-electron chi connectivity index (χ1n) is 6.46. The Morgan fingerprint density at radius 3 is 2.90 bits per heavy atom. The van der Waals surface area contributed by atoms with Crippen LogP contribution in [-0.4, -0.2) is 29.2 Å². The summed E-state index contributed by atoms with van der Waals surface area (Å²) in [5, 5.41) is 20.6. The number of hydrogen-bond acceptors (Lipinski definition) is 5. The monoisotopic (exact) mass is 276 g/mol. The molecule has 0 aromatic heterocycles. The molecule has 1 aliphatic carbocycles. The van der Waals surface area contributed by atoms with E-state index in [9.17, 15) is 15.0 Å². The van der Waals surface area contributed by atoms with Gasteiger partial charge in [0.15, 0.2) is 5.78 Å². The molecule has 0 saturated carbocycles. The number of phenolic OH excluding ortho intramolecular Hbond substituents is 1. The molecule has 0 bridgehead atoms. The predicted molar refractivity (Wildman–Crippen MR) is 71.3 cm³/mol. The highest BCUT2D eigenvalue weighted by atomic mass is 16.5. The van der Waals surface area contributed by atoms with Gasteiger partial charge in [-0.2, -0.15) is 0 Å². The fraction of sp³-hybridized carbons (Fsp3) is 0.400. The van der Waals surface area contributed by atoms with Crippen molar-refractivity contribution in [2.24, 2.45) is 0 Å². The summed E-state index contributed by atoms with van der Waals surface area (Å²) in [6.07, 6.45) is 0.358. The van der Waals surface area contributed by atoms with Crippen molar-refractivity contribution in [3.8, 4) is 5.75 Å². The number of carbonyl (C=O) groups excluding carboxylic acids is 1. The molecule has 0 spiro atoms. The molecule has 5 heteroatoms. The second-order valence-electron chi connectivity index (χ2n) is 5.15. The van der Waals surface area contributed by atoms with Crippen molar-refractivity contribution in [3.63, 3.8) is 0 Å². The van der Waals surface area contributed by atoms with E-state index in [-0.39, 0.29) is 30.1 Å². The zero-order valence-corrected chi connectivity index (χ0v) is 11.3. The van der Waals surface area contributed by atoms with Crippen molar-refractivity contribution in [1.82, 2.24) is 0 Å². The maximum Gasteiger partial charge on any atom is 0.169 e. The molecule has 5 nitrogen and oxygen atoms in total. The quantitative estimate of drug-likeness (QED) is 0.819. The molecular weight excluding hydrogens is 260 g/mol. The van der Waals surface area contributed by atoms with E-state index in [0.717, 1.165) is 11.3 Å². The Hall–Kier alpha value is -1.85. The van der Waals surface area contributed by atoms with Gasteiger partial charge in [0.2, 0.25) is 0 Å². The maximum atomic E-state index is 12.2. The van der Waals surface area contributed by atoms with Gasteiger partial charge in [-0.1, -0.05) is 0 Å². The Labute approximate surface area is 116 Å². The summed E-state index contributed by atoms with van der Waals surface area (Å²) in [4.78, 5) is 12.2. The van der Waals surface area contributed by atoms with Crippen molar-refractivity contribution in [2.45, 2.75) is 32.2 Å². The number of carbonyl (C=O) groups is 1. The lowest BCUT2D eigenvalue weighted by atomic mass is 9.82. The number of ether oxygens (including phenoxy) is 2. The lowest BCUT2D eigenvalue weighted by Gasteiger charge is -2.30. The Morgan fingerprint density at radius 1 is 1.45 bits per heavy atom. The number of fused-ring (bicyclic) bond motifs is 2. The number of hydrogen-bond donors (Lipinski definition) is 2. The molecule has 1 heterocycles. The molecule has 2 aliphatic rings. The SMILES string of the molecule is CO[C@@H]1CC(=O)c2c(cc3c(c2O)COC(C)=C3)[C@@H]1O. The Morgan fingerprint density at radius 2 is 2.20 bits per heavy atom. The number of rotatable bonds is 1. The molecule has 1 aliphatic heterocycles. The number of ketones is 1. The van der Waals surface area contributed by atoms with E-state index in [4.69, 9.17) is 9.47 Å². The van der Waals surface area contributed by atoms with E-state index in [2.05, 4.69) is 0 Å². The number of benzene rings is 1. The molecule has 0 amide bonds. The zero-order valence-electron chi connectivity index (χ0n) is 11.3. The smallest absolute Gasteiger partial charge is 0.169 e. The summed E-state index contributed by atoms with van der Waals surface area (Å²) >= 11 is 0. The van der Waals surface area contributed by atoms with Gasteiger partial charge in [-0.25, -0.2) is 0 Å². The Bertz CT molecular complexity index is 617. The minimum atomic E-state index is -0.916. The normalized spacial score (nSPS) is 24.6. The van der Waals surface area contributed by atoms with Crippen LogP contribution in [0.5, 0.6) is 5.75 Å². The molecule has 20 heavy (non-hydrogen) atoms. The van der Waals surface area contributed by atoms with E-state index in [0.29, 0.717) is 11.1 Å². The van der Waals surface area contributed by atoms with Crippen LogP contribution in [0.1, 0.15) is 46.5 Å². The van der Waals surface area contributed by atoms with Crippen LogP contribution in [0.15, 0.2) is 11.8 Å². The summed E-state index contributed by atoms with van der Waals surface area (Å²) < 4.78 is 10.5. The predicted octanol–water partition coefficient (Wildman–Crippen LogP) is 1.92. The van der Waals surface area contributed by atoms with Crippen molar-refractivity contribution >= 4 is 11.9 Å². The molecule has 2 atom stereocenters. The molecule has 1 aromatic carbocycles. The topological polar surface area (TPSA) is 76.0 Å². The highest BCUT2D eigenvalue weighted by Gasteiger charge is 2.36. The molecule has 3 rings (SSSR count). The summed E-state index contributed by atoms with van der Waals surface area (Å²) in [5.74, 6) is 0.431. The van der Waals surface area contributed by atoms with Gasteiger partial charge in [0, 0.05) is 19.1 Å². The van der Waals surface area contributed by atoms with Crippen molar-refractivity contribution in [2.75, 3.05) is 7.11 Å². The van der Waals surface area contributed by atoms with Crippen LogP contribution in [0, 0.1) is 0 Å². The standard InChI is InChI=1S/C15H16O5/c1-7-3-8-4-9-13(15(18)10(8)6-20-7)11(16)5-12(19-2)14(9)17/h3-4,12,14,17-18H,5-6H2,1-2H3/t12-,14+/m1/s1. The average Bonchev–Trinajstić information content (AvgIpc) is 2.42. The van der Waals surface area contributed by atoms with Gasteiger partial charge >= 0.3 is 0 Å². The van der Waals surface area contributed by atoms with Crippen LogP contribution < -0.4 is 0 Å². The Kier molecular flexibility index (Phi) is 3.03. The van der Waals surface area contributed by atoms with Gasteiger partial charge in [0.25, 0.3) is 0 Å². The number of aromatic hydroxyl groups is 1. The number of phenols is 1. The fourth-order valence-corrected chi connectivity index (χ4v) is 2.81. The lowest BCUT2D eigenvalue weighted by Crippen LogP contribution is -2.31. The van der Waals surface area contributed by atoms with Crippen molar-refractivity contribution in [1.29, 1.82) is 0 Å². The number of aliphatic hydroxyl groups excluding tert-OH is 1. The van der Waals surface area contributed by atoms with Gasteiger partial charge in [0.1, 0.15) is 18.5 Å². The van der Waals surface area contributed by atoms with Crippen LogP contribution >= 0.6 is 0 Å². The Balaban J connectivity index is 2.22. The van der Waals surface area contributed by atoms with Gasteiger partial charge in [-0.15, -0.1) is 0 Å². The molecule has 0 unspecified atom stereocenters. The molecular formula is C15H16O5. The largest absolute Gasteiger partial charge is 0.507 e. The van der Waals surface area contributed by atoms with Crippen LogP contribution in [0.3, 0.4) is 0 Å². The van der Waals surface area contributed by atoms with E-state index in [1.54, 1.807) is 12.1 Å². The minimum Gasteiger partial charge on any atom is -0.507 e. The zero-order chi connectivity index (χ0) is 14.4. The summed E-state index contributed by atoms with van der Waals surface area (Å²) in [6.45, 7) is 2.05. The first kappa shape index (κ1) is 13.1. The third-order valence-electron chi connectivity index (χ3n) is 3.91. The second-order valence-corrected chi connectivity index (χ2v) is 5.15. The number of allylic oxidation sites excluding steroid dienone is 1. The molecule has 0 radical (unpaired) electrons. The third kappa shape index (κ3) is 1.82. The van der Waals surface area contributed by atoms with Crippen LogP contribution in [-0.2, 0) is 16.1 Å². The fourth-order valence-electron chi connectivity index (χ4n) is 2.81. The van der Waals surface area contributed by atoms with Gasteiger partial charge in [-0.3, -0.25) is 4.79 Å². The maximum absolute atomic E-state index is 12.2. The van der Waals surface area contributed by atoms with Crippen molar-refractivity contribution in [3.05, 3.63) is 34.1 Å². The second kappa shape index (κ2) is 4.61. The van der Waals surface area contributed by atoms with Crippen LogP contribution in [0.4, 0.5) is 0 Å². The molecule has 2 N–H and O–H groups in total. The third-order valence-corrected chi connectivity index (χ3v) is 3.91. The average molecular weight is 276 g/mol. The first-order valence-corrected chi connectivity index (χ1v) is 6.46. The summed E-state index contributed by atoms with van der Waals surface area (Å²) in [5.41, 5.74) is 1.98. The van der Waals surface area contributed by atoms with E-state index < -0.39 is 12.2 Å². The minimum absolute atomic E-state index is 0.0622. The summed E-state index contributed by atoms with van der Waals surface area (Å²) in [6, 6.07) is 1.74. The number of aliphatic hydroxyl groups is 1. The van der Waals surface area contributed by atoms with Crippen molar-refractivity contribution < 1.29 is 24.5 Å². The molecule has 0 fully saturated rings. The molecule has 1 aromatic rings. The van der Waals surface area contributed by atoms with E-state index in [1.807, 2.05) is 6.92 Å². The van der Waals surface area contributed by atoms with E-state index >= 15 is 0 Å². The van der Waals surface area contributed by atoms with Gasteiger partial charge < -0.3 is 19.7 Å². The molecule has 0 saturated heterocycles. The summed E-state index contributed by atoms with van der Waals surface area (Å²) in [7, 11) is 1.46. The first-order chi connectivity index (χ1) is 9.52. The highest BCUT2D eigenvalue weighted by molar-refractivity contribution is 6.02. The van der Waals surface area contributed by atoms with E-state index in [1.165, 1.54) is 7.11 Å². The molecule has 106 valence electrons. The van der Waals surface area contributed by atoms with Crippen LogP contribution in [0.2, 0.25) is 0 Å². The number of methoxy groups -OCH3 is 1. The van der Waals surface area contributed by atoms with Gasteiger partial charge in [0.05, 0.1) is 17.4 Å². The highest BCUT2D eigenvalue weighted by Crippen LogP contribution is 2.41. The van der Waals surface area contributed by atoms with Crippen LogP contribution in [0.25, 0.3) is 6.08 Å². The number of Topliss-reactive ketones (excluding diaryl/α,β-unsaturated/α-hetero) is 1.